The summed E-state index contributed by atoms with van der Waals surface area (Å²) in [7, 11) is 0. The van der Waals surface area contributed by atoms with Crippen molar-refractivity contribution in [2.75, 3.05) is 11.5 Å². The Morgan fingerprint density at radius 2 is 1.83 bits per heavy atom. The lowest BCUT2D eigenvalue weighted by molar-refractivity contribution is -0.386. The van der Waals surface area contributed by atoms with Gasteiger partial charge in [-0.3, -0.25) is 10.1 Å². The first-order chi connectivity index (χ1) is 5.54. The Balaban J connectivity index is 3.43. The highest BCUT2D eigenvalue weighted by Crippen LogP contribution is 2.28. The van der Waals surface area contributed by atoms with Gasteiger partial charge in [0, 0.05) is 0 Å². The van der Waals surface area contributed by atoms with Crippen molar-refractivity contribution in [1.29, 1.82) is 0 Å². The molecule has 0 spiro atoms. The zero-order chi connectivity index (χ0) is 9.30. The van der Waals surface area contributed by atoms with Crippen molar-refractivity contribution in [2.24, 2.45) is 0 Å². The van der Waals surface area contributed by atoms with Gasteiger partial charge in [0.25, 0.3) is 0 Å². The summed E-state index contributed by atoms with van der Waals surface area (Å²) in [6.07, 6.45) is 0. The minimum atomic E-state index is -1.08. The first kappa shape index (κ1) is 8.25. The van der Waals surface area contributed by atoms with E-state index < -0.39 is 16.4 Å². The fourth-order valence-electron chi connectivity index (χ4n) is 0.781. The molecule has 0 saturated carbocycles. The first-order valence-electron chi connectivity index (χ1n) is 3.02. The third-order valence-corrected chi connectivity index (χ3v) is 1.36. The highest BCUT2D eigenvalue weighted by molar-refractivity contribution is 5.65. The van der Waals surface area contributed by atoms with Gasteiger partial charge in [0.1, 0.15) is 5.69 Å². The van der Waals surface area contributed by atoms with Crippen LogP contribution in [0.5, 0.6) is 0 Å². The summed E-state index contributed by atoms with van der Waals surface area (Å²) < 4.78 is 12.9. The maximum Gasteiger partial charge on any atom is 0.329 e. The van der Waals surface area contributed by atoms with Crippen LogP contribution in [0.4, 0.5) is 21.5 Å². The van der Waals surface area contributed by atoms with Crippen molar-refractivity contribution >= 4 is 17.1 Å². The Hall–Kier alpha value is -1.85. The molecule has 1 aromatic rings. The molecule has 4 N–H and O–H groups in total. The number of nitrogen functional groups attached to an aromatic ring is 2. The van der Waals surface area contributed by atoms with E-state index in [-0.39, 0.29) is 11.4 Å². The third kappa shape index (κ3) is 1.14. The summed E-state index contributed by atoms with van der Waals surface area (Å²) in [5.74, 6) is -1.08. The van der Waals surface area contributed by atoms with Gasteiger partial charge in [-0.15, -0.1) is 0 Å². The first-order valence-corrected chi connectivity index (χ1v) is 3.02. The molecule has 0 aliphatic rings. The molecule has 64 valence electrons. The van der Waals surface area contributed by atoms with Gasteiger partial charge in [-0.1, -0.05) is 0 Å². The molecule has 5 nitrogen and oxygen atoms in total. The Morgan fingerprint density at radius 3 is 2.25 bits per heavy atom. The van der Waals surface area contributed by atoms with Crippen molar-refractivity contribution in [2.45, 2.75) is 0 Å². The van der Waals surface area contributed by atoms with Crippen LogP contribution in [0, 0.1) is 15.9 Å². The van der Waals surface area contributed by atoms with Crippen LogP contribution >= 0.6 is 0 Å². The van der Waals surface area contributed by atoms with E-state index in [1.165, 1.54) is 12.1 Å². The Kier molecular flexibility index (Phi) is 1.82. The number of nitro benzene ring substituents is 1. The fourth-order valence-corrected chi connectivity index (χ4v) is 0.781. The van der Waals surface area contributed by atoms with Gasteiger partial charge in [-0.2, -0.15) is 4.39 Å². The van der Waals surface area contributed by atoms with Crippen LogP contribution in [-0.2, 0) is 0 Å². The lowest BCUT2D eigenvalue weighted by Crippen LogP contribution is -2.01. The van der Waals surface area contributed by atoms with E-state index in [0.717, 1.165) is 0 Å². The summed E-state index contributed by atoms with van der Waals surface area (Å²) in [5.41, 5.74) is 8.97. The molecule has 0 aliphatic carbocycles. The van der Waals surface area contributed by atoms with Crippen molar-refractivity contribution in [3.8, 4) is 0 Å². The zero-order valence-electron chi connectivity index (χ0n) is 5.95. The second-order valence-corrected chi connectivity index (χ2v) is 2.16. The molecule has 0 saturated heterocycles. The molecule has 0 bridgehead atoms. The van der Waals surface area contributed by atoms with Gasteiger partial charge in [0.15, 0.2) is 0 Å². The number of hydrogen-bond acceptors (Lipinski definition) is 4. The number of rotatable bonds is 1. The molecule has 0 atom stereocenters. The average molecular weight is 171 g/mol. The van der Waals surface area contributed by atoms with E-state index in [9.17, 15) is 14.5 Å². The molecule has 1 rings (SSSR count). The number of hydrogen-bond donors (Lipinski definition) is 2. The summed E-state index contributed by atoms with van der Waals surface area (Å²) >= 11 is 0. The summed E-state index contributed by atoms with van der Waals surface area (Å²) in [4.78, 5) is 9.32. The maximum atomic E-state index is 12.9. The topological polar surface area (TPSA) is 95.2 Å². The van der Waals surface area contributed by atoms with E-state index in [1.807, 2.05) is 0 Å². The second-order valence-electron chi connectivity index (χ2n) is 2.16. The molecule has 0 fully saturated rings. The molecule has 6 heteroatoms. The average Bonchev–Trinajstić information content (AvgIpc) is 1.97. The van der Waals surface area contributed by atoms with Crippen LogP contribution in [0.3, 0.4) is 0 Å². The number of nitrogens with zero attached hydrogens (tertiary/aromatic N) is 1. The summed E-state index contributed by atoms with van der Waals surface area (Å²) in [6.45, 7) is 0. The van der Waals surface area contributed by atoms with Crippen LogP contribution in [0.25, 0.3) is 0 Å². The molecule has 0 heterocycles. The van der Waals surface area contributed by atoms with Gasteiger partial charge in [-0.25, -0.2) is 0 Å². The molecule has 0 aliphatic heterocycles. The molecule has 0 unspecified atom stereocenters. The predicted molar refractivity (Wildman–Crippen MR) is 41.9 cm³/mol. The Labute approximate surface area is 66.9 Å². The Morgan fingerprint density at radius 1 is 1.33 bits per heavy atom. The van der Waals surface area contributed by atoms with Crippen LogP contribution in [-0.4, -0.2) is 4.92 Å². The van der Waals surface area contributed by atoms with E-state index in [1.54, 1.807) is 0 Å². The largest absolute Gasteiger partial charge is 0.396 e. The molecular weight excluding hydrogens is 165 g/mol. The number of benzene rings is 1. The number of halogens is 1. The van der Waals surface area contributed by atoms with Crippen molar-refractivity contribution < 1.29 is 9.31 Å². The standard InChI is InChI=1S/C6H6FN3O2/c7-5-3(8)1-2-4(9)6(5)10(11)12/h1-2H,8-9H2. The molecule has 1 aromatic carbocycles. The number of anilines is 2. The van der Waals surface area contributed by atoms with Crippen LogP contribution in [0.15, 0.2) is 12.1 Å². The van der Waals surface area contributed by atoms with Crippen LogP contribution < -0.4 is 11.5 Å². The van der Waals surface area contributed by atoms with E-state index in [4.69, 9.17) is 11.5 Å². The third-order valence-electron chi connectivity index (χ3n) is 1.36. The van der Waals surface area contributed by atoms with E-state index in [2.05, 4.69) is 0 Å². The molecule has 0 amide bonds. The van der Waals surface area contributed by atoms with E-state index >= 15 is 0 Å². The SMILES string of the molecule is Nc1ccc(N)c([N+](=O)[O-])c1F. The highest BCUT2D eigenvalue weighted by atomic mass is 19.1. The van der Waals surface area contributed by atoms with Gasteiger partial charge < -0.3 is 11.5 Å². The van der Waals surface area contributed by atoms with Gasteiger partial charge in [-0.05, 0) is 12.1 Å². The predicted octanol–water partition coefficient (Wildman–Crippen LogP) is 0.898. The minimum Gasteiger partial charge on any atom is -0.396 e. The quantitative estimate of drug-likeness (QED) is 0.372. The monoisotopic (exact) mass is 171 g/mol. The van der Waals surface area contributed by atoms with Crippen molar-refractivity contribution in [1.82, 2.24) is 0 Å². The molecular formula is C6H6FN3O2. The molecule has 0 aromatic heterocycles. The molecule has 12 heavy (non-hydrogen) atoms. The number of nitro groups is 1. The number of nitrogens with two attached hydrogens (primary N) is 2. The van der Waals surface area contributed by atoms with Gasteiger partial charge in [0.2, 0.25) is 5.82 Å². The lowest BCUT2D eigenvalue weighted by Gasteiger charge is -1.99. The minimum absolute atomic E-state index is 0.230. The van der Waals surface area contributed by atoms with Crippen LogP contribution in [0.1, 0.15) is 0 Å². The van der Waals surface area contributed by atoms with Gasteiger partial charge >= 0.3 is 5.69 Å². The zero-order valence-corrected chi connectivity index (χ0v) is 5.95. The maximum absolute atomic E-state index is 12.9. The van der Waals surface area contributed by atoms with Crippen LogP contribution in [0.2, 0.25) is 0 Å². The molecule has 0 radical (unpaired) electrons. The fraction of sp³-hybridized carbons (Fsp3) is 0. The smallest absolute Gasteiger partial charge is 0.329 e. The highest BCUT2D eigenvalue weighted by Gasteiger charge is 2.20. The lowest BCUT2D eigenvalue weighted by atomic mass is 10.2. The second kappa shape index (κ2) is 2.65. The summed E-state index contributed by atoms with van der Waals surface area (Å²) in [6, 6.07) is 2.37. The summed E-state index contributed by atoms with van der Waals surface area (Å²) in [5, 5.41) is 10.2. The Bertz CT molecular complexity index is 340. The van der Waals surface area contributed by atoms with Crippen molar-refractivity contribution in [3.63, 3.8) is 0 Å². The van der Waals surface area contributed by atoms with Gasteiger partial charge in [0.05, 0.1) is 10.6 Å². The van der Waals surface area contributed by atoms with E-state index in [0.29, 0.717) is 0 Å². The van der Waals surface area contributed by atoms with Crippen molar-refractivity contribution in [3.05, 3.63) is 28.1 Å². The normalized spacial score (nSPS) is 9.75.